The molecule has 0 amide bonds. The second kappa shape index (κ2) is 8.89. The highest BCUT2D eigenvalue weighted by Crippen LogP contribution is 2.18. The second-order valence-corrected chi connectivity index (χ2v) is 7.93. The molecule has 2 rings (SSSR count). The molecule has 0 spiro atoms. The molecule has 0 unspecified atom stereocenters. The van der Waals surface area contributed by atoms with Gasteiger partial charge in [-0.1, -0.05) is 13.8 Å². The van der Waals surface area contributed by atoms with Gasteiger partial charge in [-0.15, -0.1) is 11.3 Å². The van der Waals surface area contributed by atoms with Crippen LogP contribution in [0.4, 0.5) is 0 Å². The smallest absolute Gasteiger partial charge is 0.0325 e. The van der Waals surface area contributed by atoms with Gasteiger partial charge in [-0.2, -0.15) is 0 Å². The number of hydrogen-bond donors (Lipinski definition) is 1. The summed E-state index contributed by atoms with van der Waals surface area (Å²) in [4.78, 5) is 7.99. The van der Waals surface area contributed by atoms with Crippen molar-refractivity contribution in [3.05, 3.63) is 21.9 Å². The predicted molar refractivity (Wildman–Crippen MR) is 92.9 cm³/mol. The lowest BCUT2D eigenvalue weighted by Gasteiger charge is -2.20. The van der Waals surface area contributed by atoms with Crippen molar-refractivity contribution < 1.29 is 0 Å². The van der Waals surface area contributed by atoms with Crippen LogP contribution in [0.15, 0.2) is 12.1 Å². The molecule has 1 aromatic heterocycles. The van der Waals surface area contributed by atoms with Crippen LogP contribution >= 0.6 is 11.3 Å². The fraction of sp³-hybridized carbons (Fsp3) is 0.765. The molecule has 0 saturated carbocycles. The zero-order chi connectivity index (χ0) is 15.1. The van der Waals surface area contributed by atoms with Crippen LogP contribution in [-0.4, -0.2) is 49.6 Å². The SMILES string of the molecule is CC(C)CNCc1ccc(CN(C)CCN2CCCC2)s1. The number of likely N-dealkylation sites (tertiary alicyclic amines) is 1. The van der Waals surface area contributed by atoms with Crippen molar-refractivity contribution >= 4 is 11.3 Å². The molecule has 0 atom stereocenters. The number of rotatable bonds is 9. The molecule has 0 aliphatic carbocycles. The Labute approximate surface area is 134 Å². The van der Waals surface area contributed by atoms with Crippen LogP contribution in [0.1, 0.15) is 36.4 Å². The minimum atomic E-state index is 0.723. The third-order valence-electron chi connectivity index (χ3n) is 3.99. The first kappa shape index (κ1) is 16.9. The zero-order valence-corrected chi connectivity index (χ0v) is 14.7. The van der Waals surface area contributed by atoms with E-state index < -0.39 is 0 Å². The van der Waals surface area contributed by atoms with E-state index in [-0.39, 0.29) is 0 Å². The molecule has 0 radical (unpaired) electrons. The molecule has 1 aliphatic rings. The lowest BCUT2D eigenvalue weighted by atomic mass is 10.2. The van der Waals surface area contributed by atoms with E-state index in [0.29, 0.717) is 0 Å². The summed E-state index contributed by atoms with van der Waals surface area (Å²) in [5, 5.41) is 3.52. The minimum Gasteiger partial charge on any atom is -0.312 e. The Balaban J connectivity index is 1.66. The number of thiophene rings is 1. The number of likely N-dealkylation sites (N-methyl/N-ethyl adjacent to an activating group) is 1. The van der Waals surface area contributed by atoms with Crippen molar-refractivity contribution in [2.24, 2.45) is 5.92 Å². The molecular formula is C17H31N3S. The van der Waals surface area contributed by atoms with Gasteiger partial charge >= 0.3 is 0 Å². The average molecular weight is 310 g/mol. The molecule has 1 N–H and O–H groups in total. The molecule has 1 aliphatic heterocycles. The molecule has 1 aromatic rings. The summed E-state index contributed by atoms with van der Waals surface area (Å²) in [5.74, 6) is 0.723. The predicted octanol–water partition coefficient (Wildman–Crippen LogP) is 3.02. The van der Waals surface area contributed by atoms with Gasteiger partial charge in [0.2, 0.25) is 0 Å². The van der Waals surface area contributed by atoms with Crippen molar-refractivity contribution in [2.75, 3.05) is 39.8 Å². The van der Waals surface area contributed by atoms with E-state index in [2.05, 4.69) is 48.1 Å². The first-order valence-electron chi connectivity index (χ1n) is 8.32. The van der Waals surface area contributed by atoms with Gasteiger partial charge in [0.25, 0.3) is 0 Å². The second-order valence-electron chi connectivity index (χ2n) is 6.68. The Kier molecular flexibility index (Phi) is 7.17. The van der Waals surface area contributed by atoms with Gasteiger partial charge in [-0.05, 0) is 57.6 Å². The Morgan fingerprint density at radius 1 is 1.24 bits per heavy atom. The molecule has 4 heteroatoms. The minimum absolute atomic E-state index is 0.723. The maximum atomic E-state index is 3.52. The van der Waals surface area contributed by atoms with Crippen molar-refractivity contribution in [1.82, 2.24) is 15.1 Å². The average Bonchev–Trinajstić information content (AvgIpc) is 3.08. The zero-order valence-electron chi connectivity index (χ0n) is 13.9. The topological polar surface area (TPSA) is 18.5 Å². The summed E-state index contributed by atoms with van der Waals surface area (Å²) in [5.41, 5.74) is 0. The summed E-state index contributed by atoms with van der Waals surface area (Å²) in [6, 6.07) is 4.57. The molecule has 1 fully saturated rings. The Morgan fingerprint density at radius 2 is 1.95 bits per heavy atom. The van der Waals surface area contributed by atoms with Crippen LogP contribution in [0, 0.1) is 5.92 Å². The van der Waals surface area contributed by atoms with Gasteiger partial charge in [0.05, 0.1) is 0 Å². The molecule has 3 nitrogen and oxygen atoms in total. The highest BCUT2D eigenvalue weighted by Gasteiger charge is 2.12. The summed E-state index contributed by atoms with van der Waals surface area (Å²) in [7, 11) is 2.24. The van der Waals surface area contributed by atoms with Gasteiger partial charge in [0.1, 0.15) is 0 Å². The van der Waals surface area contributed by atoms with Crippen molar-refractivity contribution in [3.63, 3.8) is 0 Å². The lowest BCUT2D eigenvalue weighted by molar-refractivity contribution is 0.253. The van der Waals surface area contributed by atoms with E-state index in [1.54, 1.807) is 0 Å². The Morgan fingerprint density at radius 3 is 2.67 bits per heavy atom. The van der Waals surface area contributed by atoms with E-state index in [1.165, 1.54) is 48.8 Å². The quantitative estimate of drug-likeness (QED) is 0.756. The fourth-order valence-electron chi connectivity index (χ4n) is 2.75. The van der Waals surface area contributed by atoms with Gasteiger partial charge < -0.3 is 15.1 Å². The summed E-state index contributed by atoms with van der Waals surface area (Å²) in [6.45, 7) is 12.7. The molecule has 1 saturated heterocycles. The molecule has 21 heavy (non-hydrogen) atoms. The fourth-order valence-corrected chi connectivity index (χ4v) is 3.82. The van der Waals surface area contributed by atoms with Gasteiger partial charge in [-0.3, -0.25) is 0 Å². The maximum absolute atomic E-state index is 3.52. The van der Waals surface area contributed by atoms with E-state index in [4.69, 9.17) is 0 Å². The number of nitrogens with one attached hydrogen (secondary N) is 1. The van der Waals surface area contributed by atoms with Gasteiger partial charge in [0, 0.05) is 35.9 Å². The van der Waals surface area contributed by atoms with E-state index >= 15 is 0 Å². The van der Waals surface area contributed by atoms with Crippen LogP contribution in [-0.2, 0) is 13.1 Å². The van der Waals surface area contributed by atoms with E-state index in [0.717, 1.165) is 25.6 Å². The highest BCUT2D eigenvalue weighted by molar-refractivity contribution is 7.11. The first-order chi connectivity index (χ1) is 10.1. The molecule has 0 aromatic carbocycles. The van der Waals surface area contributed by atoms with Crippen LogP contribution < -0.4 is 5.32 Å². The molecule has 0 bridgehead atoms. The van der Waals surface area contributed by atoms with Crippen LogP contribution in [0.2, 0.25) is 0 Å². The van der Waals surface area contributed by atoms with Crippen LogP contribution in [0.5, 0.6) is 0 Å². The third kappa shape index (κ3) is 6.47. The van der Waals surface area contributed by atoms with E-state index in [9.17, 15) is 0 Å². The maximum Gasteiger partial charge on any atom is 0.0325 e. The number of hydrogen-bond acceptors (Lipinski definition) is 4. The van der Waals surface area contributed by atoms with Crippen molar-refractivity contribution in [3.8, 4) is 0 Å². The third-order valence-corrected chi connectivity index (χ3v) is 5.06. The first-order valence-corrected chi connectivity index (χ1v) is 9.14. The number of nitrogens with zero attached hydrogens (tertiary/aromatic N) is 2. The van der Waals surface area contributed by atoms with Crippen molar-refractivity contribution in [1.29, 1.82) is 0 Å². The standard InChI is InChI=1S/C17H31N3S/c1-15(2)12-18-13-16-6-7-17(21-16)14-19(3)10-11-20-8-4-5-9-20/h6-7,15,18H,4-5,8-14H2,1-3H3. The Bertz CT molecular complexity index is 396. The van der Waals surface area contributed by atoms with Crippen LogP contribution in [0.25, 0.3) is 0 Å². The van der Waals surface area contributed by atoms with Crippen molar-refractivity contribution in [2.45, 2.75) is 39.8 Å². The molecular weight excluding hydrogens is 278 g/mol. The van der Waals surface area contributed by atoms with E-state index in [1.807, 2.05) is 11.3 Å². The monoisotopic (exact) mass is 309 g/mol. The van der Waals surface area contributed by atoms with Crippen LogP contribution in [0.3, 0.4) is 0 Å². The summed E-state index contributed by atoms with van der Waals surface area (Å²) >= 11 is 1.95. The molecule has 2 heterocycles. The largest absolute Gasteiger partial charge is 0.312 e. The Hall–Kier alpha value is -0.420. The van der Waals surface area contributed by atoms with Gasteiger partial charge in [-0.25, -0.2) is 0 Å². The van der Waals surface area contributed by atoms with Gasteiger partial charge in [0.15, 0.2) is 0 Å². The summed E-state index contributed by atoms with van der Waals surface area (Å²) < 4.78 is 0. The lowest BCUT2D eigenvalue weighted by Crippen LogP contribution is -2.30. The summed E-state index contributed by atoms with van der Waals surface area (Å²) in [6.07, 6.45) is 2.78. The highest BCUT2D eigenvalue weighted by atomic mass is 32.1. The normalized spacial score (nSPS) is 16.4. The molecule has 120 valence electrons.